The third kappa shape index (κ3) is 6.28. The number of amides is 2. The molecule has 0 aromatic heterocycles. The first-order valence-corrected chi connectivity index (χ1v) is 6.43. The highest BCUT2D eigenvalue weighted by atomic mass is 79.9. The molecule has 0 radical (unpaired) electrons. The summed E-state index contributed by atoms with van der Waals surface area (Å²) in [5.74, 6) is 0. The van der Waals surface area contributed by atoms with E-state index in [0.29, 0.717) is 6.54 Å². The summed E-state index contributed by atoms with van der Waals surface area (Å²) in [4.78, 5) is 11.5. The zero-order valence-corrected chi connectivity index (χ0v) is 11.2. The second kappa shape index (κ2) is 8.08. The molecule has 1 rings (SSSR count). The summed E-state index contributed by atoms with van der Waals surface area (Å²) in [5.41, 5.74) is 0.757. The second-order valence-electron chi connectivity index (χ2n) is 3.68. The molecule has 0 saturated heterocycles. The van der Waals surface area contributed by atoms with Crippen LogP contribution in [0.5, 0.6) is 0 Å². The maximum absolute atomic E-state index is 11.5. The summed E-state index contributed by atoms with van der Waals surface area (Å²) >= 11 is 3.34. The quantitative estimate of drug-likeness (QED) is 0.708. The van der Waals surface area contributed by atoms with E-state index in [2.05, 4.69) is 26.6 Å². The molecule has 17 heavy (non-hydrogen) atoms. The zero-order chi connectivity index (χ0) is 12.5. The van der Waals surface area contributed by atoms with Crippen LogP contribution >= 0.6 is 15.9 Å². The van der Waals surface area contributed by atoms with Crippen molar-refractivity contribution in [1.29, 1.82) is 0 Å². The van der Waals surface area contributed by atoms with Crippen LogP contribution in [0.3, 0.4) is 0 Å². The SMILES string of the molecule is O=C(NCCCCCO)Nc1cccc(Br)c1. The number of carbonyl (C=O) groups is 1. The average molecular weight is 301 g/mol. The van der Waals surface area contributed by atoms with Gasteiger partial charge in [0, 0.05) is 23.3 Å². The molecule has 5 heteroatoms. The highest BCUT2D eigenvalue weighted by Gasteiger charge is 2.00. The van der Waals surface area contributed by atoms with Gasteiger partial charge in [-0.05, 0) is 37.5 Å². The first-order chi connectivity index (χ1) is 8.22. The molecule has 0 saturated carbocycles. The normalized spacial score (nSPS) is 10.0. The number of aliphatic hydroxyl groups is 1. The zero-order valence-electron chi connectivity index (χ0n) is 9.58. The van der Waals surface area contributed by atoms with Crippen molar-refractivity contribution in [3.05, 3.63) is 28.7 Å². The Morgan fingerprint density at radius 1 is 1.29 bits per heavy atom. The summed E-state index contributed by atoms with van der Waals surface area (Å²) in [6, 6.07) is 7.23. The van der Waals surface area contributed by atoms with Crippen molar-refractivity contribution < 1.29 is 9.90 Å². The van der Waals surface area contributed by atoms with Gasteiger partial charge in [-0.25, -0.2) is 4.79 Å². The number of nitrogens with one attached hydrogen (secondary N) is 2. The molecule has 4 nitrogen and oxygen atoms in total. The first-order valence-electron chi connectivity index (χ1n) is 5.63. The van der Waals surface area contributed by atoms with Crippen LogP contribution in [-0.4, -0.2) is 24.3 Å². The number of urea groups is 1. The van der Waals surface area contributed by atoms with Gasteiger partial charge in [0.1, 0.15) is 0 Å². The number of carbonyl (C=O) groups excluding carboxylic acids is 1. The molecule has 1 aromatic rings. The number of aliphatic hydroxyl groups excluding tert-OH is 1. The number of anilines is 1. The molecule has 0 aliphatic carbocycles. The fraction of sp³-hybridized carbons (Fsp3) is 0.417. The molecule has 3 N–H and O–H groups in total. The average Bonchev–Trinajstić information content (AvgIpc) is 2.29. The Bertz CT molecular complexity index is 358. The first kappa shape index (κ1) is 14.0. The van der Waals surface area contributed by atoms with E-state index in [9.17, 15) is 4.79 Å². The topological polar surface area (TPSA) is 61.4 Å². The summed E-state index contributed by atoms with van der Waals surface area (Å²) in [6.07, 6.45) is 2.59. The highest BCUT2D eigenvalue weighted by molar-refractivity contribution is 9.10. The summed E-state index contributed by atoms with van der Waals surface area (Å²) < 4.78 is 0.929. The van der Waals surface area contributed by atoms with Gasteiger partial charge in [-0.3, -0.25) is 0 Å². The minimum Gasteiger partial charge on any atom is -0.396 e. The molecular formula is C12H17BrN2O2. The maximum atomic E-state index is 11.5. The van der Waals surface area contributed by atoms with Crippen molar-refractivity contribution in [1.82, 2.24) is 5.32 Å². The molecule has 94 valence electrons. The van der Waals surface area contributed by atoms with Crippen LogP contribution in [0.4, 0.5) is 10.5 Å². The predicted molar refractivity (Wildman–Crippen MR) is 72.1 cm³/mol. The van der Waals surface area contributed by atoms with Crippen molar-refractivity contribution in [2.75, 3.05) is 18.5 Å². The van der Waals surface area contributed by atoms with Crippen molar-refractivity contribution in [3.8, 4) is 0 Å². The summed E-state index contributed by atoms with van der Waals surface area (Å²) in [5, 5.41) is 14.1. The van der Waals surface area contributed by atoms with Gasteiger partial charge in [0.05, 0.1) is 0 Å². The largest absolute Gasteiger partial charge is 0.396 e. The number of unbranched alkanes of at least 4 members (excludes halogenated alkanes) is 2. The van der Waals surface area contributed by atoms with Crippen LogP contribution in [0.25, 0.3) is 0 Å². The molecule has 0 aliphatic heterocycles. The lowest BCUT2D eigenvalue weighted by atomic mass is 10.2. The van der Waals surface area contributed by atoms with Crippen molar-refractivity contribution in [2.45, 2.75) is 19.3 Å². The lowest BCUT2D eigenvalue weighted by Crippen LogP contribution is -2.29. The van der Waals surface area contributed by atoms with E-state index in [4.69, 9.17) is 5.11 Å². The van der Waals surface area contributed by atoms with E-state index < -0.39 is 0 Å². The van der Waals surface area contributed by atoms with Crippen LogP contribution in [0.2, 0.25) is 0 Å². The van der Waals surface area contributed by atoms with E-state index in [0.717, 1.165) is 29.4 Å². The number of hydrogen-bond donors (Lipinski definition) is 3. The minimum absolute atomic E-state index is 0.202. The van der Waals surface area contributed by atoms with Gasteiger partial charge in [0.15, 0.2) is 0 Å². The highest BCUT2D eigenvalue weighted by Crippen LogP contribution is 2.15. The van der Waals surface area contributed by atoms with Crippen LogP contribution in [0.15, 0.2) is 28.7 Å². The predicted octanol–water partition coefficient (Wildman–Crippen LogP) is 2.73. The summed E-state index contributed by atoms with van der Waals surface area (Å²) in [7, 11) is 0. The van der Waals surface area contributed by atoms with Crippen LogP contribution in [0, 0.1) is 0 Å². The molecule has 0 atom stereocenters. The second-order valence-corrected chi connectivity index (χ2v) is 4.59. The Labute approximate surface area is 110 Å². The molecule has 0 unspecified atom stereocenters. The molecule has 0 bridgehead atoms. The van der Waals surface area contributed by atoms with E-state index in [1.165, 1.54) is 0 Å². The van der Waals surface area contributed by atoms with Crippen molar-refractivity contribution >= 4 is 27.6 Å². The van der Waals surface area contributed by atoms with Crippen LogP contribution in [0.1, 0.15) is 19.3 Å². The van der Waals surface area contributed by atoms with Crippen molar-refractivity contribution in [3.63, 3.8) is 0 Å². The van der Waals surface area contributed by atoms with Crippen LogP contribution in [-0.2, 0) is 0 Å². The molecule has 2 amide bonds. The van der Waals surface area contributed by atoms with Crippen LogP contribution < -0.4 is 10.6 Å². The van der Waals surface area contributed by atoms with E-state index in [-0.39, 0.29) is 12.6 Å². The number of hydrogen-bond acceptors (Lipinski definition) is 2. The summed E-state index contributed by atoms with van der Waals surface area (Å²) in [6.45, 7) is 0.837. The molecule has 0 aliphatic rings. The molecule has 0 heterocycles. The Hall–Kier alpha value is -1.07. The van der Waals surface area contributed by atoms with E-state index in [1.807, 2.05) is 24.3 Å². The van der Waals surface area contributed by atoms with Gasteiger partial charge in [0.2, 0.25) is 0 Å². The Kier molecular flexibility index (Phi) is 6.65. The fourth-order valence-electron chi connectivity index (χ4n) is 1.36. The number of benzene rings is 1. The smallest absolute Gasteiger partial charge is 0.319 e. The Morgan fingerprint density at radius 3 is 2.82 bits per heavy atom. The molecule has 1 aromatic carbocycles. The Balaban J connectivity index is 2.21. The standard InChI is InChI=1S/C12H17BrN2O2/c13-10-5-4-6-11(9-10)15-12(17)14-7-2-1-3-8-16/h4-6,9,16H,1-3,7-8H2,(H2,14,15,17). The van der Waals surface area contributed by atoms with Gasteiger partial charge in [0.25, 0.3) is 0 Å². The van der Waals surface area contributed by atoms with E-state index >= 15 is 0 Å². The molecular weight excluding hydrogens is 284 g/mol. The molecule has 0 spiro atoms. The molecule has 0 fully saturated rings. The monoisotopic (exact) mass is 300 g/mol. The van der Waals surface area contributed by atoms with Gasteiger partial charge in [-0.2, -0.15) is 0 Å². The third-order valence-electron chi connectivity index (χ3n) is 2.20. The lowest BCUT2D eigenvalue weighted by Gasteiger charge is -2.07. The minimum atomic E-state index is -0.202. The number of rotatable bonds is 6. The van der Waals surface area contributed by atoms with Gasteiger partial charge < -0.3 is 15.7 Å². The van der Waals surface area contributed by atoms with Crippen molar-refractivity contribution in [2.24, 2.45) is 0 Å². The maximum Gasteiger partial charge on any atom is 0.319 e. The van der Waals surface area contributed by atoms with Gasteiger partial charge >= 0.3 is 6.03 Å². The van der Waals surface area contributed by atoms with E-state index in [1.54, 1.807) is 0 Å². The lowest BCUT2D eigenvalue weighted by molar-refractivity contribution is 0.251. The fourth-order valence-corrected chi connectivity index (χ4v) is 1.76. The van der Waals surface area contributed by atoms with Gasteiger partial charge in [-0.1, -0.05) is 22.0 Å². The number of halogens is 1. The third-order valence-corrected chi connectivity index (χ3v) is 2.70. The van der Waals surface area contributed by atoms with Gasteiger partial charge in [-0.15, -0.1) is 0 Å². The Morgan fingerprint density at radius 2 is 2.12 bits per heavy atom.